The zero-order chi connectivity index (χ0) is 38.9. The molecule has 0 aliphatic carbocycles. The molecule has 10 nitrogen and oxygen atoms in total. The van der Waals surface area contributed by atoms with E-state index in [2.05, 4.69) is 10.6 Å². The zero-order valence-electron chi connectivity index (χ0n) is 31.1. The normalized spacial score (nSPS) is 13.8. The summed E-state index contributed by atoms with van der Waals surface area (Å²) >= 11 is 0. The molecule has 4 rings (SSSR count). The minimum Gasteiger partial charge on any atom is -0.349 e. The molecule has 4 aromatic rings. The molecule has 12 heteroatoms. The van der Waals surface area contributed by atoms with Gasteiger partial charge in [0.25, 0.3) is 20.2 Å². The van der Waals surface area contributed by atoms with Gasteiger partial charge in [-0.2, -0.15) is 16.8 Å². The molecule has 0 bridgehead atoms. The number of hydrogen-bond donors (Lipinski definition) is 2. The summed E-state index contributed by atoms with van der Waals surface area (Å²) in [7, 11) is -7.88. The van der Waals surface area contributed by atoms with E-state index in [0.29, 0.717) is 0 Å². The van der Waals surface area contributed by atoms with Crippen LogP contribution in [0.15, 0.2) is 121 Å². The van der Waals surface area contributed by atoms with Crippen molar-refractivity contribution < 1.29 is 34.8 Å². The van der Waals surface area contributed by atoms with E-state index in [-0.39, 0.29) is 12.8 Å². The number of nitrogens with one attached hydrogen (secondary N) is 2. The third-order valence-corrected chi connectivity index (χ3v) is 11.6. The molecule has 0 aromatic heterocycles. The van der Waals surface area contributed by atoms with Crippen LogP contribution >= 0.6 is 0 Å². The summed E-state index contributed by atoms with van der Waals surface area (Å²) in [5, 5.41) is 6.13. The molecule has 284 valence electrons. The highest BCUT2D eigenvalue weighted by atomic mass is 32.2. The van der Waals surface area contributed by atoms with Crippen molar-refractivity contribution in [2.45, 2.75) is 63.5 Å². The van der Waals surface area contributed by atoms with Crippen LogP contribution in [0.2, 0.25) is 0 Å². The van der Waals surface area contributed by atoms with Crippen molar-refractivity contribution in [1.82, 2.24) is 10.6 Å². The van der Waals surface area contributed by atoms with Gasteiger partial charge in [0.15, 0.2) is 0 Å². The number of hydrogen-bond acceptors (Lipinski definition) is 8. The summed E-state index contributed by atoms with van der Waals surface area (Å²) in [6, 6.07) is 35.5. The standard InChI is InChI=1S/C41H50N2O8S2/c1-7-41(8-2,37(44)42-35(29-50-52(5,46)47)39(3,31-21-13-9-14-22-31)32-23-15-10-16-24-32)38(45)43-36(30-51-53(6,48)49)40(4,33-25-17-11-18-26-33)34-27-19-12-20-28-34/h9-28,35-36H,7-8,29-30H2,1-6H3,(H,42,44)(H,43,45)/t35-,36-/m1/s1. The van der Waals surface area contributed by atoms with Crippen molar-refractivity contribution in [2.75, 3.05) is 25.7 Å². The monoisotopic (exact) mass is 762 g/mol. The Morgan fingerprint density at radius 1 is 0.528 bits per heavy atom. The van der Waals surface area contributed by atoms with Gasteiger partial charge in [-0.1, -0.05) is 135 Å². The van der Waals surface area contributed by atoms with Crippen molar-refractivity contribution in [1.29, 1.82) is 0 Å². The molecular weight excluding hydrogens is 713 g/mol. The maximum Gasteiger partial charge on any atom is 0.264 e. The molecule has 2 N–H and O–H groups in total. The second-order valence-electron chi connectivity index (χ2n) is 13.7. The second-order valence-corrected chi connectivity index (χ2v) is 17.0. The van der Waals surface area contributed by atoms with Gasteiger partial charge in [-0.3, -0.25) is 18.0 Å². The molecular formula is C41H50N2O8S2. The van der Waals surface area contributed by atoms with Crippen LogP contribution in [-0.2, 0) is 49.0 Å². The minimum absolute atomic E-state index is 0.0707. The van der Waals surface area contributed by atoms with Crippen molar-refractivity contribution in [3.63, 3.8) is 0 Å². The van der Waals surface area contributed by atoms with Crippen LogP contribution in [0.4, 0.5) is 0 Å². The number of carbonyl (C=O) groups excluding carboxylic acids is 2. The van der Waals surface area contributed by atoms with Gasteiger partial charge in [-0.15, -0.1) is 0 Å². The topological polar surface area (TPSA) is 145 Å². The quantitative estimate of drug-likeness (QED) is 0.0967. The van der Waals surface area contributed by atoms with Crippen LogP contribution in [0, 0.1) is 5.41 Å². The number of benzene rings is 4. The fourth-order valence-electron chi connectivity index (χ4n) is 6.95. The van der Waals surface area contributed by atoms with Gasteiger partial charge in [0.2, 0.25) is 11.8 Å². The van der Waals surface area contributed by atoms with Crippen molar-refractivity contribution in [2.24, 2.45) is 5.41 Å². The summed E-state index contributed by atoms with van der Waals surface area (Å²) < 4.78 is 60.2. The maximum atomic E-state index is 14.8. The molecule has 2 amide bonds. The lowest BCUT2D eigenvalue weighted by atomic mass is 9.69. The first-order chi connectivity index (χ1) is 25.0. The highest BCUT2D eigenvalue weighted by Crippen LogP contribution is 2.39. The first-order valence-electron chi connectivity index (χ1n) is 17.5. The molecule has 0 aliphatic rings. The SMILES string of the molecule is CCC(CC)(C(=O)N[C@H](COS(C)(=O)=O)C(C)(c1ccccc1)c1ccccc1)C(=O)N[C@H](COS(C)(=O)=O)C(C)(c1ccccc1)c1ccccc1. The van der Waals surface area contributed by atoms with E-state index in [0.717, 1.165) is 34.8 Å². The van der Waals surface area contributed by atoms with E-state index in [1.165, 1.54) is 0 Å². The van der Waals surface area contributed by atoms with Crippen LogP contribution in [0.25, 0.3) is 0 Å². The van der Waals surface area contributed by atoms with E-state index in [1.807, 2.05) is 135 Å². The Bertz CT molecular complexity index is 1800. The van der Waals surface area contributed by atoms with E-state index < -0.39 is 73.6 Å². The highest BCUT2D eigenvalue weighted by molar-refractivity contribution is 7.86. The summed E-state index contributed by atoms with van der Waals surface area (Å²) in [6.45, 7) is 6.43. The van der Waals surface area contributed by atoms with Gasteiger partial charge in [-0.25, -0.2) is 0 Å². The lowest BCUT2D eigenvalue weighted by molar-refractivity contribution is -0.146. The van der Waals surface area contributed by atoms with Gasteiger partial charge >= 0.3 is 0 Å². The van der Waals surface area contributed by atoms with Gasteiger partial charge in [0, 0.05) is 10.8 Å². The Labute approximate surface area is 314 Å². The predicted octanol–water partition coefficient (Wildman–Crippen LogP) is 5.73. The minimum atomic E-state index is -3.94. The molecule has 53 heavy (non-hydrogen) atoms. The fourth-order valence-corrected chi connectivity index (χ4v) is 7.72. The summed E-state index contributed by atoms with van der Waals surface area (Å²) in [6.07, 6.45) is 2.03. The maximum absolute atomic E-state index is 14.8. The van der Waals surface area contributed by atoms with Crippen molar-refractivity contribution >= 4 is 32.1 Å². The molecule has 4 aromatic carbocycles. The smallest absolute Gasteiger partial charge is 0.264 e. The zero-order valence-corrected chi connectivity index (χ0v) is 32.7. The van der Waals surface area contributed by atoms with Gasteiger partial charge < -0.3 is 10.6 Å². The summed E-state index contributed by atoms with van der Waals surface area (Å²) in [5.74, 6) is -1.27. The summed E-state index contributed by atoms with van der Waals surface area (Å²) in [5.41, 5.74) is -0.552. The Morgan fingerprint density at radius 3 is 0.981 bits per heavy atom. The largest absolute Gasteiger partial charge is 0.349 e. The third kappa shape index (κ3) is 9.61. The average Bonchev–Trinajstić information content (AvgIpc) is 3.15. The molecule has 0 spiro atoms. The van der Waals surface area contributed by atoms with Crippen LogP contribution in [0.1, 0.15) is 62.8 Å². The second kappa shape index (κ2) is 17.2. The lowest BCUT2D eigenvalue weighted by Crippen LogP contribution is -2.61. The number of carbonyl (C=O) groups is 2. The van der Waals surface area contributed by atoms with Gasteiger partial charge in [0.1, 0.15) is 5.41 Å². The van der Waals surface area contributed by atoms with Gasteiger partial charge in [-0.05, 0) is 48.9 Å². The summed E-state index contributed by atoms with van der Waals surface area (Å²) in [4.78, 5) is 29.6. The van der Waals surface area contributed by atoms with Crippen molar-refractivity contribution in [3.8, 4) is 0 Å². The Morgan fingerprint density at radius 2 is 0.774 bits per heavy atom. The van der Waals surface area contributed by atoms with Crippen LogP contribution in [0.5, 0.6) is 0 Å². The van der Waals surface area contributed by atoms with E-state index in [9.17, 15) is 26.4 Å². The third-order valence-electron chi connectivity index (χ3n) is 10.5. The Hall–Kier alpha value is -4.36. The molecule has 0 heterocycles. The van der Waals surface area contributed by atoms with Crippen LogP contribution in [-0.4, -0.2) is 66.5 Å². The Balaban J connectivity index is 1.82. The van der Waals surface area contributed by atoms with E-state index in [1.54, 1.807) is 13.8 Å². The van der Waals surface area contributed by atoms with Crippen LogP contribution < -0.4 is 10.6 Å². The van der Waals surface area contributed by atoms with E-state index >= 15 is 0 Å². The van der Waals surface area contributed by atoms with E-state index in [4.69, 9.17) is 8.37 Å². The predicted molar refractivity (Wildman–Crippen MR) is 207 cm³/mol. The fraction of sp³-hybridized carbons (Fsp3) is 0.366. The first kappa shape index (κ1) is 41.4. The molecule has 0 saturated carbocycles. The van der Waals surface area contributed by atoms with Crippen LogP contribution in [0.3, 0.4) is 0 Å². The molecule has 0 radical (unpaired) electrons. The lowest BCUT2D eigenvalue weighted by Gasteiger charge is -2.43. The average molecular weight is 763 g/mol. The van der Waals surface area contributed by atoms with Crippen molar-refractivity contribution in [3.05, 3.63) is 144 Å². The molecule has 2 atom stereocenters. The van der Waals surface area contributed by atoms with Gasteiger partial charge in [0.05, 0.1) is 37.8 Å². The molecule has 0 aliphatic heterocycles. The number of amides is 2. The first-order valence-corrected chi connectivity index (χ1v) is 21.2. The molecule has 0 fully saturated rings. The molecule has 0 unspecified atom stereocenters. The Kier molecular flexibility index (Phi) is 13.4. The highest BCUT2D eigenvalue weighted by Gasteiger charge is 2.49. The molecule has 0 saturated heterocycles. The number of rotatable bonds is 18.